The summed E-state index contributed by atoms with van der Waals surface area (Å²) in [6, 6.07) is 0.441. The third-order valence-corrected chi connectivity index (χ3v) is 4.54. The zero-order valence-electron chi connectivity index (χ0n) is 10.9. The highest BCUT2D eigenvalue weighted by molar-refractivity contribution is 7.99. The van der Waals surface area contributed by atoms with Crippen molar-refractivity contribution < 1.29 is 0 Å². The molecule has 2 heterocycles. The molecule has 0 aromatic carbocycles. The van der Waals surface area contributed by atoms with Gasteiger partial charge in [-0.25, -0.2) is 4.98 Å². The number of aryl methyl sites for hydroxylation is 1. The van der Waals surface area contributed by atoms with Crippen LogP contribution >= 0.6 is 11.8 Å². The quantitative estimate of drug-likeness (QED) is 0.845. The van der Waals surface area contributed by atoms with Crippen LogP contribution in [-0.4, -0.2) is 27.6 Å². The molecule has 1 saturated heterocycles. The van der Waals surface area contributed by atoms with E-state index >= 15 is 0 Å². The number of aromatic nitrogens is 2. The second kappa shape index (κ2) is 6.45. The van der Waals surface area contributed by atoms with E-state index in [1.54, 1.807) is 0 Å². The minimum absolute atomic E-state index is 0.441. The zero-order chi connectivity index (χ0) is 12.1. The highest BCUT2D eigenvalue weighted by Gasteiger charge is 2.28. The van der Waals surface area contributed by atoms with Crippen LogP contribution in [0.4, 0.5) is 0 Å². The zero-order valence-corrected chi connectivity index (χ0v) is 11.7. The Hall–Kier alpha value is -0.480. The van der Waals surface area contributed by atoms with Crippen molar-refractivity contribution >= 4 is 11.8 Å². The van der Waals surface area contributed by atoms with Gasteiger partial charge in [-0.3, -0.25) is 0 Å². The van der Waals surface area contributed by atoms with Gasteiger partial charge in [-0.05, 0) is 36.8 Å². The molecule has 1 aromatic rings. The minimum Gasteiger partial charge on any atom is -0.334 e. The van der Waals surface area contributed by atoms with Gasteiger partial charge in [0, 0.05) is 18.9 Å². The second-order valence-corrected chi connectivity index (χ2v) is 5.79. The third-order valence-electron chi connectivity index (χ3n) is 3.35. The number of nitrogens with one attached hydrogen (secondary N) is 1. The van der Waals surface area contributed by atoms with Crippen LogP contribution < -0.4 is 5.32 Å². The summed E-state index contributed by atoms with van der Waals surface area (Å²) in [6.07, 6.45) is 6.55. The van der Waals surface area contributed by atoms with Crippen LogP contribution in [0.15, 0.2) is 12.4 Å². The summed E-state index contributed by atoms with van der Waals surface area (Å²) in [7, 11) is 0. The first-order valence-corrected chi connectivity index (χ1v) is 7.84. The number of thioether (sulfide) groups is 1. The van der Waals surface area contributed by atoms with Crippen molar-refractivity contribution in [3.63, 3.8) is 0 Å². The van der Waals surface area contributed by atoms with Gasteiger partial charge >= 0.3 is 0 Å². The molecule has 96 valence electrons. The number of rotatable bonds is 6. The first kappa shape index (κ1) is 13.0. The highest BCUT2D eigenvalue weighted by Crippen LogP contribution is 2.33. The molecular weight excluding hydrogens is 230 g/mol. The van der Waals surface area contributed by atoms with E-state index in [0.29, 0.717) is 6.04 Å². The number of imidazole rings is 1. The van der Waals surface area contributed by atoms with Crippen LogP contribution in [0.2, 0.25) is 0 Å². The fraction of sp³-hybridized carbons (Fsp3) is 0.769. The Bertz CT molecular complexity index is 331. The fourth-order valence-electron chi connectivity index (χ4n) is 2.53. The summed E-state index contributed by atoms with van der Waals surface area (Å²) in [6.45, 7) is 6.50. The standard InChI is InChI=1S/C13H23N3S/c1-3-7-16-8-6-15-13(16)12(14-4-2)11-5-9-17-10-11/h6,8,11-12,14H,3-5,7,9-10H2,1-2H3. The predicted molar refractivity (Wildman–Crippen MR) is 74.4 cm³/mol. The molecule has 0 saturated carbocycles. The van der Waals surface area contributed by atoms with Gasteiger partial charge in [-0.1, -0.05) is 13.8 Å². The van der Waals surface area contributed by atoms with E-state index in [1.807, 2.05) is 6.20 Å². The van der Waals surface area contributed by atoms with Crippen molar-refractivity contribution in [3.8, 4) is 0 Å². The summed E-state index contributed by atoms with van der Waals surface area (Å²) >= 11 is 2.08. The van der Waals surface area contributed by atoms with Crippen molar-refractivity contribution in [1.82, 2.24) is 14.9 Å². The normalized spacial score (nSPS) is 21.9. The van der Waals surface area contributed by atoms with Gasteiger partial charge in [0.15, 0.2) is 0 Å². The SMILES string of the molecule is CCCn1ccnc1C(NCC)C1CCSC1. The summed E-state index contributed by atoms with van der Waals surface area (Å²) in [4.78, 5) is 4.59. The maximum absolute atomic E-state index is 4.59. The largest absolute Gasteiger partial charge is 0.334 e. The molecule has 0 radical (unpaired) electrons. The molecule has 1 aromatic heterocycles. The molecule has 17 heavy (non-hydrogen) atoms. The van der Waals surface area contributed by atoms with Gasteiger partial charge in [0.2, 0.25) is 0 Å². The first-order valence-electron chi connectivity index (χ1n) is 6.69. The smallest absolute Gasteiger partial charge is 0.126 e. The minimum atomic E-state index is 0.441. The Morgan fingerprint density at radius 3 is 3.12 bits per heavy atom. The molecule has 0 spiro atoms. The van der Waals surface area contributed by atoms with Crippen LogP contribution in [-0.2, 0) is 6.54 Å². The first-order chi connectivity index (χ1) is 8.36. The van der Waals surface area contributed by atoms with E-state index in [4.69, 9.17) is 0 Å². The summed E-state index contributed by atoms with van der Waals surface area (Å²) in [5.74, 6) is 4.57. The van der Waals surface area contributed by atoms with Crippen LogP contribution in [0.3, 0.4) is 0 Å². The van der Waals surface area contributed by atoms with Crippen LogP contribution in [0.5, 0.6) is 0 Å². The van der Waals surface area contributed by atoms with E-state index in [9.17, 15) is 0 Å². The number of hydrogen-bond acceptors (Lipinski definition) is 3. The van der Waals surface area contributed by atoms with Crippen molar-refractivity contribution in [3.05, 3.63) is 18.2 Å². The molecule has 2 rings (SSSR count). The Morgan fingerprint density at radius 1 is 1.59 bits per heavy atom. The summed E-state index contributed by atoms with van der Waals surface area (Å²) in [5.41, 5.74) is 0. The van der Waals surface area contributed by atoms with Gasteiger partial charge in [0.05, 0.1) is 6.04 Å². The molecular formula is C13H23N3S. The van der Waals surface area contributed by atoms with E-state index in [2.05, 4.69) is 46.7 Å². The molecule has 1 N–H and O–H groups in total. The fourth-order valence-corrected chi connectivity index (χ4v) is 3.83. The molecule has 2 unspecified atom stereocenters. The third kappa shape index (κ3) is 3.05. The molecule has 1 aliphatic rings. The maximum Gasteiger partial charge on any atom is 0.126 e. The van der Waals surface area contributed by atoms with Crippen molar-refractivity contribution in [1.29, 1.82) is 0 Å². The lowest BCUT2D eigenvalue weighted by Gasteiger charge is -2.24. The monoisotopic (exact) mass is 253 g/mol. The lowest BCUT2D eigenvalue weighted by Crippen LogP contribution is -2.31. The predicted octanol–water partition coefficient (Wildman–Crippen LogP) is 2.70. The molecule has 0 amide bonds. The Balaban J connectivity index is 2.15. The van der Waals surface area contributed by atoms with Crippen LogP contribution in [0.1, 0.15) is 38.6 Å². The molecule has 4 heteroatoms. The Kier molecular flexibility index (Phi) is 4.92. The van der Waals surface area contributed by atoms with Crippen LogP contribution in [0, 0.1) is 5.92 Å². The van der Waals surface area contributed by atoms with E-state index in [0.717, 1.165) is 19.0 Å². The lowest BCUT2D eigenvalue weighted by atomic mass is 9.98. The molecule has 0 aliphatic carbocycles. The lowest BCUT2D eigenvalue weighted by molar-refractivity contribution is 0.371. The van der Waals surface area contributed by atoms with Crippen molar-refractivity contribution in [2.75, 3.05) is 18.1 Å². The maximum atomic E-state index is 4.59. The number of hydrogen-bond donors (Lipinski definition) is 1. The molecule has 1 fully saturated rings. The average molecular weight is 253 g/mol. The summed E-state index contributed by atoms with van der Waals surface area (Å²) < 4.78 is 2.32. The van der Waals surface area contributed by atoms with Gasteiger partial charge < -0.3 is 9.88 Å². The van der Waals surface area contributed by atoms with E-state index in [1.165, 1.54) is 30.2 Å². The molecule has 1 aliphatic heterocycles. The van der Waals surface area contributed by atoms with E-state index < -0.39 is 0 Å². The molecule has 3 nitrogen and oxygen atoms in total. The van der Waals surface area contributed by atoms with Gasteiger partial charge in [-0.15, -0.1) is 0 Å². The van der Waals surface area contributed by atoms with Crippen molar-refractivity contribution in [2.24, 2.45) is 5.92 Å². The summed E-state index contributed by atoms with van der Waals surface area (Å²) in [5, 5.41) is 3.63. The second-order valence-electron chi connectivity index (χ2n) is 4.64. The Morgan fingerprint density at radius 2 is 2.47 bits per heavy atom. The van der Waals surface area contributed by atoms with Gasteiger partial charge in [0.25, 0.3) is 0 Å². The Labute approximate surface area is 108 Å². The van der Waals surface area contributed by atoms with Gasteiger partial charge in [-0.2, -0.15) is 11.8 Å². The van der Waals surface area contributed by atoms with Gasteiger partial charge in [0.1, 0.15) is 5.82 Å². The van der Waals surface area contributed by atoms with E-state index in [-0.39, 0.29) is 0 Å². The topological polar surface area (TPSA) is 29.9 Å². The average Bonchev–Trinajstić information content (AvgIpc) is 2.97. The molecule has 0 bridgehead atoms. The number of nitrogens with zero attached hydrogens (tertiary/aromatic N) is 2. The van der Waals surface area contributed by atoms with Crippen LogP contribution in [0.25, 0.3) is 0 Å². The highest BCUT2D eigenvalue weighted by atomic mass is 32.2. The van der Waals surface area contributed by atoms with Crippen molar-refractivity contribution in [2.45, 2.75) is 39.3 Å². The molecule has 2 atom stereocenters.